The van der Waals surface area contributed by atoms with Gasteiger partial charge in [0.2, 0.25) is 0 Å². The molecule has 144 valence electrons. The Balaban J connectivity index is 0.00000576. The average molecular weight is 475 g/mol. The number of guanidine groups is 1. The van der Waals surface area contributed by atoms with Crippen molar-refractivity contribution in [2.24, 2.45) is 4.99 Å². The summed E-state index contributed by atoms with van der Waals surface area (Å²) in [4.78, 5) is 4.09. The van der Waals surface area contributed by atoms with Gasteiger partial charge in [-0.15, -0.1) is 24.0 Å². The molecular formula is C16H25F3IN3O2. The molecule has 0 aliphatic carbocycles. The quantitative estimate of drug-likeness (QED) is 0.361. The van der Waals surface area contributed by atoms with Crippen LogP contribution in [0.5, 0.6) is 5.75 Å². The van der Waals surface area contributed by atoms with Gasteiger partial charge in [-0.25, -0.2) is 0 Å². The van der Waals surface area contributed by atoms with Crippen LogP contribution in [0.3, 0.4) is 0 Å². The number of methoxy groups -OCH3 is 1. The first-order valence-electron chi connectivity index (χ1n) is 7.43. The molecule has 0 fully saturated rings. The Bertz CT molecular complexity index is 552. The molecule has 1 aromatic carbocycles. The first-order chi connectivity index (χ1) is 11.1. The lowest BCUT2D eigenvalue weighted by Crippen LogP contribution is -2.45. The van der Waals surface area contributed by atoms with E-state index in [1.165, 1.54) is 6.07 Å². The molecule has 0 amide bonds. The maximum Gasteiger partial charge on any atom is 0.422 e. The fourth-order valence-corrected chi connectivity index (χ4v) is 1.69. The molecule has 0 spiro atoms. The molecule has 0 saturated heterocycles. The number of rotatable bonds is 7. The summed E-state index contributed by atoms with van der Waals surface area (Å²) in [6.45, 7) is 3.52. The van der Waals surface area contributed by atoms with Gasteiger partial charge in [-0.3, -0.25) is 4.99 Å². The maximum absolute atomic E-state index is 12.2. The predicted octanol–water partition coefficient (Wildman–Crippen LogP) is 3.34. The summed E-state index contributed by atoms with van der Waals surface area (Å²) >= 11 is 0. The molecule has 0 unspecified atom stereocenters. The van der Waals surface area contributed by atoms with Crippen LogP contribution in [-0.4, -0.2) is 45.0 Å². The Morgan fingerprint density at radius 1 is 1.20 bits per heavy atom. The van der Waals surface area contributed by atoms with Crippen LogP contribution in [0.25, 0.3) is 0 Å². The molecule has 9 heteroatoms. The molecule has 0 aliphatic heterocycles. The van der Waals surface area contributed by atoms with Crippen molar-refractivity contribution in [1.82, 2.24) is 10.6 Å². The van der Waals surface area contributed by atoms with Gasteiger partial charge in [0.15, 0.2) is 12.6 Å². The lowest BCUT2D eigenvalue weighted by molar-refractivity contribution is -0.153. The van der Waals surface area contributed by atoms with Crippen LogP contribution in [0.15, 0.2) is 29.3 Å². The Hall–Kier alpha value is -1.23. The minimum absolute atomic E-state index is 0. The third-order valence-electron chi connectivity index (χ3n) is 3.22. The smallest absolute Gasteiger partial charge is 0.422 e. The zero-order valence-corrected chi connectivity index (χ0v) is 17.1. The number of nitrogens with one attached hydrogen (secondary N) is 2. The SMILES string of the molecule is CN=C(NCc1cccc(OCC(F)(F)F)c1)NCC(C)(C)OC.I. The number of alkyl halides is 3. The molecule has 0 bridgehead atoms. The van der Waals surface area contributed by atoms with E-state index in [1.54, 1.807) is 32.4 Å². The standard InChI is InChI=1S/C16H24F3N3O2.HI/c1-15(2,23-4)10-22-14(20-3)21-9-12-6-5-7-13(8-12)24-11-16(17,18)19;/h5-8H,9-11H2,1-4H3,(H2,20,21,22);1H. The number of nitrogens with zero attached hydrogens (tertiary/aromatic N) is 1. The Labute approximate surface area is 163 Å². The van der Waals surface area contributed by atoms with E-state index in [-0.39, 0.29) is 35.3 Å². The highest BCUT2D eigenvalue weighted by molar-refractivity contribution is 14.0. The second kappa shape index (κ2) is 10.7. The van der Waals surface area contributed by atoms with E-state index in [4.69, 9.17) is 9.47 Å². The summed E-state index contributed by atoms with van der Waals surface area (Å²) < 4.78 is 46.6. The minimum Gasteiger partial charge on any atom is -0.484 e. The van der Waals surface area contributed by atoms with Crippen LogP contribution < -0.4 is 15.4 Å². The van der Waals surface area contributed by atoms with Gasteiger partial charge in [0.25, 0.3) is 0 Å². The maximum atomic E-state index is 12.2. The molecule has 2 N–H and O–H groups in total. The summed E-state index contributed by atoms with van der Waals surface area (Å²) in [6.07, 6.45) is -4.35. The van der Waals surface area contributed by atoms with Crippen molar-refractivity contribution < 1.29 is 22.6 Å². The highest BCUT2D eigenvalue weighted by atomic mass is 127. The number of hydrogen-bond donors (Lipinski definition) is 2. The van der Waals surface area contributed by atoms with Crippen LogP contribution in [-0.2, 0) is 11.3 Å². The topological polar surface area (TPSA) is 54.9 Å². The first kappa shape index (κ1) is 23.8. The van der Waals surface area contributed by atoms with Crippen LogP contribution in [0.2, 0.25) is 0 Å². The van der Waals surface area contributed by atoms with Gasteiger partial charge in [0.05, 0.1) is 5.60 Å². The highest BCUT2D eigenvalue weighted by Crippen LogP contribution is 2.19. The van der Waals surface area contributed by atoms with Gasteiger partial charge in [0, 0.05) is 27.2 Å². The molecule has 25 heavy (non-hydrogen) atoms. The molecule has 0 heterocycles. The van der Waals surface area contributed by atoms with Crippen molar-refractivity contribution in [2.45, 2.75) is 32.2 Å². The van der Waals surface area contributed by atoms with E-state index < -0.39 is 12.8 Å². The fraction of sp³-hybridized carbons (Fsp3) is 0.562. The van der Waals surface area contributed by atoms with Crippen molar-refractivity contribution in [3.63, 3.8) is 0 Å². The predicted molar refractivity (Wildman–Crippen MR) is 103 cm³/mol. The van der Waals surface area contributed by atoms with Crippen molar-refractivity contribution in [3.8, 4) is 5.75 Å². The van der Waals surface area contributed by atoms with E-state index in [0.29, 0.717) is 19.0 Å². The zero-order valence-electron chi connectivity index (χ0n) is 14.7. The number of aliphatic imine (C=N–C) groups is 1. The van der Waals surface area contributed by atoms with Gasteiger partial charge in [-0.2, -0.15) is 13.2 Å². The molecule has 5 nitrogen and oxygen atoms in total. The fourth-order valence-electron chi connectivity index (χ4n) is 1.69. The van der Waals surface area contributed by atoms with Gasteiger partial charge in [-0.05, 0) is 31.5 Å². The minimum atomic E-state index is -4.35. The first-order valence-corrected chi connectivity index (χ1v) is 7.43. The van der Waals surface area contributed by atoms with Crippen molar-refractivity contribution in [3.05, 3.63) is 29.8 Å². The highest BCUT2D eigenvalue weighted by Gasteiger charge is 2.28. The van der Waals surface area contributed by atoms with E-state index in [9.17, 15) is 13.2 Å². The van der Waals surface area contributed by atoms with Crippen molar-refractivity contribution >= 4 is 29.9 Å². The van der Waals surface area contributed by atoms with Crippen LogP contribution >= 0.6 is 24.0 Å². The van der Waals surface area contributed by atoms with E-state index in [0.717, 1.165) is 5.56 Å². The second-order valence-corrected chi connectivity index (χ2v) is 5.79. The van der Waals surface area contributed by atoms with E-state index >= 15 is 0 Å². The Morgan fingerprint density at radius 2 is 1.88 bits per heavy atom. The van der Waals surface area contributed by atoms with Crippen LogP contribution in [0.1, 0.15) is 19.4 Å². The van der Waals surface area contributed by atoms with Gasteiger partial charge in [0.1, 0.15) is 5.75 Å². The van der Waals surface area contributed by atoms with Crippen LogP contribution in [0.4, 0.5) is 13.2 Å². The summed E-state index contributed by atoms with van der Waals surface area (Å²) in [7, 11) is 3.27. The Kier molecular flexibility index (Phi) is 10.2. The van der Waals surface area contributed by atoms with Crippen molar-refractivity contribution in [1.29, 1.82) is 0 Å². The molecule has 0 aromatic heterocycles. The Morgan fingerprint density at radius 3 is 2.44 bits per heavy atom. The lowest BCUT2D eigenvalue weighted by Gasteiger charge is -2.24. The van der Waals surface area contributed by atoms with E-state index in [2.05, 4.69) is 15.6 Å². The molecular weight excluding hydrogens is 450 g/mol. The zero-order chi connectivity index (χ0) is 18.2. The number of benzene rings is 1. The molecule has 0 saturated carbocycles. The van der Waals surface area contributed by atoms with Crippen molar-refractivity contribution in [2.75, 3.05) is 27.3 Å². The number of halogens is 4. The largest absolute Gasteiger partial charge is 0.484 e. The molecule has 1 aromatic rings. The third kappa shape index (κ3) is 10.4. The third-order valence-corrected chi connectivity index (χ3v) is 3.22. The molecule has 0 atom stereocenters. The van der Waals surface area contributed by atoms with Gasteiger partial charge < -0.3 is 20.1 Å². The summed E-state index contributed by atoms with van der Waals surface area (Å²) in [6, 6.07) is 6.49. The summed E-state index contributed by atoms with van der Waals surface area (Å²) in [5, 5.41) is 6.21. The number of ether oxygens (including phenoxy) is 2. The molecule has 0 aliphatic rings. The van der Waals surface area contributed by atoms with Crippen LogP contribution in [0, 0.1) is 0 Å². The summed E-state index contributed by atoms with van der Waals surface area (Å²) in [5.41, 5.74) is 0.437. The molecule has 1 rings (SSSR count). The lowest BCUT2D eigenvalue weighted by atomic mass is 10.1. The van der Waals surface area contributed by atoms with Gasteiger partial charge >= 0.3 is 6.18 Å². The second-order valence-electron chi connectivity index (χ2n) is 5.79. The molecule has 0 radical (unpaired) electrons. The van der Waals surface area contributed by atoms with Gasteiger partial charge in [-0.1, -0.05) is 12.1 Å². The normalized spacial score (nSPS) is 12.4. The number of hydrogen-bond acceptors (Lipinski definition) is 3. The average Bonchev–Trinajstić information content (AvgIpc) is 2.53. The van der Waals surface area contributed by atoms with E-state index in [1.807, 2.05) is 13.8 Å². The summed E-state index contributed by atoms with van der Waals surface area (Å²) in [5.74, 6) is 0.747. The monoisotopic (exact) mass is 475 g/mol.